The van der Waals surface area contributed by atoms with Gasteiger partial charge in [0.2, 0.25) is 0 Å². The van der Waals surface area contributed by atoms with Gasteiger partial charge in [0.15, 0.2) is 11.6 Å². The maximum atomic E-state index is 14.4. The molecule has 0 atom stereocenters. The van der Waals surface area contributed by atoms with E-state index in [1.165, 1.54) is 18.4 Å². The van der Waals surface area contributed by atoms with Gasteiger partial charge in [-0.05, 0) is 52.3 Å². The molecule has 9 heteroatoms. The van der Waals surface area contributed by atoms with Crippen LogP contribution in [0.1, 0.15) is 15.4 Å². The Morgan fingerprint density at radius 1 is 1.21 bits per heavy atom. The van der Waals surface area contributed by atoms with Gasteiger partial charge in [0.25, 0.3) is 5.91 Å². The average Bonchev–Trinajstić information content (AvgIpc) is 3.07. The van der Waals surface area contributed by atoms with Gasteiger partial charge in [0.1, 0.15) is 28.7 Å². The fourth-order valence-corrected chi connectivity index (χ4v) is 4.05. The Bertz CT molecular complexity index is 1010. The van der Waals surface area contributed by atoms with Crippen molar-refractivity contribution in [1.29, 1.82) is 0 Å². The summed E-state index contributed by atoms with van der Waals surface area (Å²) in [6.45, 7) is -0.0326. The summed E-state index contributed by atoms with van der Waals surface area (Å²) >= 11 is 4.81. The Hall–Kier alpha value is -2.52. The molecule has 0 saturated heterocycles. The number of benzene rings is 2. The van der Waals surface area contributed by atoms with E-state index in [-0.39, 0.29) is 12.4 Å². The normalized spacial score (nSPS) is 10.6. The summed E-state index contributed by atoms with van der Waals surface area (Å²) in [5.74, 6) is -2.36. The molecule has 5 nitrogen and oxygen atoms in total. The number of aromatic nitrogens is 1. The Kier molecular flexibility index (Phi) is 6.25. The summed E-state index contributed by atoms with van der Waals surface area (Å²) in [6.07, 6.45) is 0. The van der Waals surface area contributed by atoms with Crippen molar-refractivity contribution in [2.45, 2.75) is 6.61 Å². The second kappa shape index (κ2) is 8.66. The zero-order valence-corrected chi connectivity index (χ0v) is 17.3. The predicted molar refractivity (Wildman–Crippen MR) is 106 cm³/mol. The summed E-state index contributed by atoms with van der Waals surface area (Å²) in [5.41, 5.74) is 0.918. The fraction of sp³-hybridized carbons (Fsp3) is 0.158. The molecule has 0 fully saturated rings. The first-order valence-electron chi connectivity index (χ1n) is 8.07. The Morgan fingerprint density at radius 3 is 2.57 bits per heavy atom. The topological polar surface area (TPSA) is 60.5 Å². The number of amides is 1. The number of carbonyl (C=O) groups excluding carboxylic acids is 1. The first kappa shape index (κ1) is 20.2. The van der Waals surface area contributed by atoms with Crippen molar-refractivity contribution in [1.82, 2.24) is 10.3 Å². The largest absolute Gasteiger partial charge is 0.497 e. The van der Waals surface area contributed by atoms with Crippen LogP contribution in [-0.2, 0) is 6.61 Å². The lowest BCUT2D eigenvalue weighted by Crippen LogP contribution is -2.21. The van der Waals surface area contributed by atoms with Gasteiger partial charge in [-0.2, -0.15) is 0 Å². The van der Waals surface area contributed by atoms with Crippen molar-refractivity contribution in [2.75, 3.05) is 14.2 Å². The fourth-order valence-electron chi connectivity index (χ4n) is 2.45. The molecule has 0 saturated carbocycles. The number of carbonyl (C=O) groups is 1. The van der Waals surface area contributed by atoms with Gasteiger partial charge in [0.05, 0.1) is 16.6 Å². The third-order valence-electron chi connectivity index (χ3n) is 3.85. The molecule has 146 valence electrons. The number of halogens is 3. The molecule has 1 aromatic heterocycles. The zero-order valence-electron chi connectivity index (χ0n) is 14.9. The molecule has 1 heterocycles. The monoisotopic (exact) mass is 468 g/mol. The molecule has 0 bridgehead atoms. The Labute approximate surface area is 172 Å². The second-order valence-electron chi connectivity index (χ2n) is 5.56. The summed E-state index contributed by atoms with van der Waals surface area (Å²) in [6, 6.07) is 9.53. The number of ether oxygens (including phenoxy) is 2. The standard InChI is InChI=1S/C19H15BrF2N2O3S/c1-23-19(25)15-12(21)7-8-13(16(15)22)27-9-14-24-17(18(20)28-14)10-3-5-11(26-2)6-4-10/h3-8H,9H2,1-2H3,(H,23,25). The van der Waals surface area contributed by atoms with E-state index in [2.05, 4.69) is 26.2 Å². The van der Waals surface area contributed by atoms with E-state index in [9.17, 15) is 13.6 Å². The summed E-state index contributed by atoms with van der Waals surface area (Å²) < 4.78 is 39.6. The highest BCUT2D eigenvalue weighted by atomic mass is 79.9. The van der Waals surface area contributed by atoms with Crippen molar-refractivity contribution < 1.29 is 23.0 Å². The van der Waals surface area contributed by atoms with E-state index < -0.39 is 23.1 Å². The third kappa shape index (κ3) is 4.15. The minimum atomic E-state index is -1.05. The molecule has 0 spiro atoms. The molecule has 1 amide bonds. The minimum Gasteiger partial charge on any atom is -0.497 e. The van der Waals surface area contributed by atoms with Crippen LogP contribution in [0.4, 0.5) is 8.78 Å². The van der Waals surface area contributed by atoms with E-state index >= 15 is 0 Å². The molecule has 3 rings (SSSR count). The van der Waals surface area contributed by atoms with Gasteiger partial charge in [-0.3, -0.25) is 4.79 Å². The average molecular weight is 469 g/mol. The van der Waals surface area contributed by atoms with Crippen LogP contribution in [0.15, 0.2) is 40.2 Å². The van der Waals surface area contributed by atoms with Crippen molar-refractivity contribution in [2.24, 2.45) is 0 Å². The molecule has 1 N–H and O–H groups in total. The van der Waals surface area contributed by atoms with Crippen LogP contribution in [0.2, 0.25) is 0 Å². The van der Waals surface area contributed by atoms with Gasteiger partial charge >= 0.3 is 0 Å². The second-order valence-corrected chi connectivity index (χ2v) is 7.96. The lowest BCUT2D eigenvalue weighted by molar-refractivity contribution is 0.0953. The zero-order chi connectivity index (χ0) is 20.3. The highest BCUT2D eigenvalue weighted by Crippen LogP contribution is 2.34. The summed E-state index contributed by atoms with van der Waals surface area (Å²) in [5, 5.41) is 2.79. The van der Waals surface area contributed by atoms with Crippen LogP contribution in [0.3, 0.4) is 0 Å². The number of rotatable bonds is 6. The van der Waals surface area contributed by atoms with E-state index in [1.54, 1.807) is 7.11 Å². The van der Waals surface area contributed by atoms with Gasteiger partial charge in [-0.25, -0.2) is 13.8 Å². The molecular weight excluding hydrogens is 454 g/mol. The van der Waals surface area contributed by atoms with Crippen LogP contribution < -0.4 is 14.8 Å². The highest BCUT2D eigenvalue weighted by molar-refractivity contribution is 9.11. The van der Waals surface area contributed by atoms with Crippen LogP contribution in [0, 0.1) is 11.6 Å². The number of nitrogens with zero attached hydrogens (tertiary/aromatic N) is 1. The number of hydrogen-bond acceptors (Lipinski definition) is 5. The van der Waals surface area contributed by atoms with Gasteiger partial charge in [-0.15, -0.1) is 11.3 Å². The SMILES string of the molecule is CNC(=O)c1c(F)ccc(OCc2nc(-c3ccc(OC)cc3)c(Br)s2)c1F. The van der Waals surface area contributed by atoms with Gasteiger partial charge in [0, 0.05) is 12.6 Å². The van der Waals surface area contributed by atoms with Crippen LogP contribution >= 0.6 is 27.3 Å². The molecule has 0 aliphatic heterocycles. The molecule has 28 heavy (non-hydrogen) atoms. The highest BCUT2D eigenvalue weighted by Gasteiger charge is 2.21. The number of thiazole rings is 1. The lowest BCUT2D eigenvalue weighted by atomic mass is 10.1. The Morgan fingerprint density at radius 2 is 1.93 bits per heavy atom. The molecule has 3 aromatic rings. The molecule has 0 aliphatic carbocycles. The van der Waals surface area contributed by atoms with Crippen molar-refractivity contribution in [3.05, 3.63) is 62.4 Å². The van der Waals surface area contributed by atoms with Crippen molar-refractivity contribution in [3.63, 3.8) is 0 Å². The predicted octanol–water partition coefficient (Wildman–Crippen LogP) is 4.80. The molecule has 0 unspecified atom stereocenters. The maximum Gasteiger partial charge on any atom is 0.257 e. The van der Waals surface area contributed by atoms with Gasteiger partial charge in [-0.1, -0.05) is 0 Å². The van der Waals surface area contributed by atoms with Crippen LogP contribution in [0.5, 0.6) is 11.5 Å². The summed E-state index contributed by atoms with van der Waals surface area (Å²) in [7, 11) is 2.88. The lowest BCUT2D eigenvalue weighted by Gasteiger charge is -2.09. The van der Waals surface area contributed by atoms with Gasteiger partial charge < -0.3 is 14.8 Å². The smallest absolute Gasteiger partial charge is 0.257 e. The minimum absolute atomic E-state index is 0.0326. The maximum absolute atomic E-state index is 14.4. The van der Waals surface area contributed by atoms with E-state index in [0.29, 0.717) is 5.01 Å². The molecule has 2 aromatic carbocycles. The van der Waals surface area contributed by atoms with Crippen molar-refractivity contribution >= 4 is 33.2 Å². The van der Waals surface area contributed by atoms with Crippen LogP contribution in [-0.4, -0.2) is 25.0 Å². The first-order chi connectivity index (χ1) is 13.4. The number of nitrogens with one attached hydrogen (secondary N) is 1. The van der Waals surface area contributed by atoms with Crippen LogP contribution in [0.25, 0.3) is 11.3 Å². The number of methoxy groups -OCH3 is 1. The quantitative estimate of drug-likeness (QED) is 0.564. The summed E-state index contributed by atoms with van der Waals surface area (Å²) in [4.78, 5) is 16.2. The Balaban J connectivity index is 1.80. The number of hydrogen-bond donors (Lipinski definition) is 1. The van der Waals surface area contributed by atoms with Crippen molar-refractivity contribution in [3.8, 4) is 22.8 Å². The van der Waals surface area contributed by atoms with E-state index in [1.807, 2.05) is 24.3 Å². The first-order valence-corrected chi connectivity index (χ1v) is 9.68. The van der Waals surface area contributed by atoms with E-state index in [0.717, 1.165) is 32.9 Å². The third-order valence-corrected chi connectivity index (χ3v) is 5.53. The molecular formula is C19H15BrF2N2O3S. The van der Waals surface area contributed by atoms with E-state index in [4.69, 9.17) is 9.47 Å². The molecule has 0 aliphatic rings. The molecule has 0 radical (unpaired) electrons.